The summed E-state index contributed by atoms with van der Waals surface area (Å²) in [4.78, 5) is 20.4. The van der Waals surface area contributed by atoms with Crippen molar-refractivity contribution in [2.24, 2.45) is 10.1 Å². The molecule has 0 spiro atoms. The molecule has 0 saturated heterocycles. The average molecular weight is 230 g/mol. The Morgan fingerprint density at radius 3 is 3.00 bits per heavy atom. The molecule has 1 aliphatic heterocycles. The lowest BCUT2D eigenvalue weighted by atomic mass is 10.2. The van der Waals surface area contributed by atoms with Crippen molar-refractivity contribution in [3.63, 3.8) is 0 Å². The summed E-state index contributed by atoms with van der Waals surface area (Å²) < 4.78 is 4.87. The van der Waals surface area contributed by atoms with Gasteiger partial charge in [-0.15, -0.1) is 0 Å². The molecule has 15 heavy (non-hydrogen) atoms. The molecule has 1 aliphatic rings. The van der Waals surface area contributed by atoms with Crippen LogP contribution in [0.15, 0.2) is 10.1 Å². The van der Waals surface area contributed by atoms with Crippen molar-refractivity contribution in [2.75, 3.05) is 31.8 Å². The molecule has 0 radical (unpaired) electrons. The third kappa shape index (κ3) is 3.54. The van der Waals surface area contributed by atoms with Gasteiger partial charge in [0.15, 0.2) is 0 Å². The van der Waals surface area contributed by atoms with Gasteiger partial charge in [0.1, 0.15) is 7.11 Å². The zero-order valence-corrected chi connectivity index (χ0v) is 9.67. The van der Waals surface area contributed by atoms with E-state index in [1.54, 1.807) is 18.7 Å². The standard InChI is InChI=1S/C9H14N2O3S/c1-3-14-9(12)8(11-13-2)7-6-15-5-4-10-7/h3-6H2,1-2H3. The molecule has 84 valence electrons. The zero-order valence-electron chi connectivity index (χ0n) is 8.86. The highest BCUT2D eigenvalue weighted by atomic mass is 32.2. The summed E-state index contributed by atoms with van der Waals surface area (Å²) in [7, 11) is 1.40. The molecule has 0 N–H and O–H groups in total. The first-order valence-corrected chi connectivity index (χ1v) is 5.84. The second-order valence-corrected chi connectivity index (χ2v) is 3.83. The number of thioether (sulfide) groups is 1. The maximum absolute atomic E-state index is 11.5. The quantitative estimate of drug-likeness (QED) is 0.406. The molecular formula is C9H14N2O3S. The van der Waals surface area contributed by atoms with Crippen LogP contribution in [0.1, 0.15) is 6.92 Å². The van der Waals surface area contributed by atoms with Gasteiger partial charge in [0.05, 0.1) is 12.3 Å². The van der Waals surface area contributed by atoms with Crippen LogP contribution < -0.4 is 0 Å². The van der Waals surface area contributed by atoms with Crippen molar-refractivity contribution in [3.05, 3.63) is 0 Å². The molecule has 0 aliphatic carbocycles. The molecule has 0 atom stereocenters. The van der Waals surface area contributed by atoms with Crippen molar-refractivity contribution < 1.29 is 14.4 Å². The Kier molecular flexibility index (Phi) is 5.17. The monoisotopic (exact) mass is 230 g/mol. The van der Waals surface area contributed by atoms with Gasteiger partial charge in [-0.3, -0.25) is 4.99 Å². The van der Waals surface area contributed by atoms with Crippen LogP contribution in [-0.2, 0) is 14.4 Å². The largest absolute Gasteiger partial charge is 0.461 e. The van der Waals surface area contributed by atoms with E-state index in [0.717, 1.165) is 5.75 Å². The fraction of sp³-hybridized carbons (Fsp3) is 0.667. The molecule has 0 bridgehead atoms. The molecule has 0 aromatic carbocycles. The Morgan fingerprint density at radius 1 is 1.67 bits per heavy atom. The van der Waals surface area contributed by atoms with Crippen LogP contribution >= 0.6 is 11.8 Å². The predicted molar refractivity (Wildman–Crippen MR) is 60.7 cm³/mol. The minimum Gasteiger partial charge on any atom is -0.461 e. The number of hydrogen-bond donors (Lipinski definition) is 0. The first-order valence-electron chi connectivity index (χ1n) is 4.69. The number of nitrogens with zero attached hydrogens (tertiary/aromatic N) is 2. The summed E-state index contributed by atoms with van der Waals surface area (Å²) in [5.41, 5.74) is 0.845. The molecule has 5 nitrogen and oxygen atoms in total. The summed E-state index contributed by atoms with van der Waals surface area (Å²) in [6.45, 7) is 2.78. The van der Waals surface area contributed by atoms with Gasteiger partial charge in [-0.25, -0.2) is 4.79 Å². The fourth-order valence-electron chi connectivity index (χ4n) is 1.10. The van der Waals surface area contributed by atoms with Crippen LogP contribution in [0.4, 0.5) is 0 Å². The predicted octanol–water partition coefficient (Wildman–Crippen LogP) is 0.740. The number of aliphatic imine (C=N–C) groups is 1. The molecule has 0 unspecified atom stereocenters. The number of carbonyl (C=O) groups excluding carboxylic acids is 1. The molecule has 6 heteroatoms. The summed E-state index contributed by atoms with van der Waals surface area (Å²) in [5, 5.41) is 3.66. The molecule has 0 amide bonds. The Balaban J connectivity index is 2.77. The van der Waals surface area contributed by atoms with E-state index in [1.165, 1.54) is 7.11 Å². The first-order chi connectivity index (χ1) is 7.29. The highest BCUT2D eigenvalue weighted by Crippen LogP contribution is 2.08. The number of esters is 1. The van der Waals surface area contributed by atoms with Crippen LogP contribution in [0.2, 0.25) is 0 Å². The van der Waals surface area contributed by atoms with Gasteiger partial charge < -0.3 is 9.57 Å². The lowest BCUT2D eigenvalue weighted by Crippen LogP contribution is -2.30. The Morgan fingerprint density at radius 2 is 2.47 bits per heavy atom. The highest BCUT2D eigenvalue weighted by Gasteiger charge is 2.22. The Hall–Kier alpha value is -1.04. The Bertz CT molecular complexity index is 289. The van der Waals surface area contributed by atoms with Gasteiger partial charge >= 0.3 is 5.97 Å². The first kappa shape index (κ1) is 12.0. The number of carbonyl (C=O) groups is 1. The molecule has 0 saturated carbocycles. The zero-order chi connectivity index (χ0) is 11.1. The van der Waals surface area contributed by atoms with Gasteiger partial charge in [-0.2, -0.15) is 11.8 Å². The van der Waals surface area contributed by atoms with Gasteiger partial charge in [0.25, 0.3) is 0 Å². The van der Waals surface area contributed by atoms with Gasteiger partial charge in [0, 0.05) is 18.1 Å². The van der Waals surface area contributed by atoms with E-state index in [2.05, 4.69) is 15.0 Å². The molecule has 0 aromatic rings. The topological polar surface area (TPSA) is 60.2 Å². The van der Waals surface area contributed by atoms with Crippen molar-refractivity contribution in [2.45, 2.75) is 6.92 Å². The second-order valence-electron chi connectivity index (χ2n) is 2.72. The van der Waals surface area contributed by atoms with E-state index in [0.29, 0.717) is 24.6 Å². The molecular weight excluding hydrogens is 216 g/mol. The number of oxime groups is 1. The van der Waals surface area contributed by atoms with Gasteiger partial charge in [0.2, 0.25) is 5.71 Å². The lowest BCUT2D eigenvalue weighted by Gasteiger charge is -2.12. The maximum atomic E-state index is 11.5. The minimum atomic E-state index is -0.472. The van der Waals surface area contributed by atoms with E-state index in [1.807, 2.05) is 0 Å². The highest BCUT2D eigenvalue weighted by molar-refractivity contribution is 8.00. The Labute approximate surface area is 92.9 Å². The molecule has 0 fully saturated rings. The van der Waals surface area contributed by atoms with E-state index in [4.69, 9.17) is 4.74 Å². The van der Waals surface area contributed by atoms with E-state index < -0.39 is 5.97 Å². The fourth-order valence-corrected chi connectivity index (χ4v) is 1.89. The number of hydrogen-bond acceptors (Lipinski definition) is 6. The normalized spacial score (nSPS) is 16.9. The summed E-state index contributed by atoms with van der Waals surface area (Å²) in [6.07, 6.45) is 0. The second kappa shape index (κ2) is 6.44. The van der Waals surface area contributed by atoms with Gasteiger partial charge in [-0.1, -0.05) is 5.16 Å². The maximum Gasteiger partial charge on any atom is 0.362 e. The molecule has 1 heterocycles. The van der Waals surface area contributed by atoms with Crippen LogP contribution in [-0.4, -0.2) is 49.2 Å². The summed E-state index contributed by atoms with van der Waals surface area (Å²) >= 11 is 1.72. The van der Waals surface area contributed by atoms with Crippen LogP contribution in [0, 0.1) is 0 Å². The molecule has 0 aromatic heterocycles. The van der Waals surface area contributed by atoms with Crippen molar-refractivity contribution in [3.8, 4) is 0 Å². The van der Waals surface area contributed by atoms with Crippen LogP contribution in [0.25, 0.3) is 0 Å². The summed E-state index contributed by atoms with van der Waals surface area (Å²) in [6, 6.07) is 0. The number of ether oxygens (including phenoxy) is 1. The molecule has 1 rings (SSSR count). The van der Waals surface area contributed by atoms with Crippen molar-refractivity contribution in [1.29, 1.82) is 0 Å². The van der Waals surface area contributed by atoms with E-state index >= 15 is 0 Å². The summed E-state index contributed by atoms with van der Waals surface area (Å²) in [5.74, 6) is 1.19. The van der Waals surface area contributed by atoms with E-state index in [9.17, 15) is 4.79 Å². The third-order valence-corrected chi connectivity index (χ3v) is 2.65. The average Bonchev–Trinajstić information content (AvgIpc) is 2.27. The van der Waals surface area contributed by atoms with Crippen molar-refractivity contribution >= 4 is 29.2 Å². The smallest absolute Gasteiger partial charge is 0.362 e. The third-order valence-electron chi connectivity index (χ3n) is 1.70. The van der Waals surface area contributed by atoms with Crippen molar-refractivity contribution in [1.82, 2.24) is 0 Å². The minimum absolute atomic E-state index is 0.187. The van der Waals surface area contributed by atoms with Crippen LogP contribution in [0.5, 0.6) is 0 Å². The lowest BCUT2D eigenvalue weighted by molar-refractivity contribution is -0.135. The van der Waals surface area contributed by atoms with Crippen LogP contribution in [0.3, 0.4) is 0 Å². The van der Waals surface area contributed by atoms with Gasteiger partial charge in [-0.05, 0) is 6.92 Å². The number of rotatable bonds is 4. The van der Waals surface area contributed by atoms with E-state index in [-0.39, 0.29) is 5.71 Å². The SMILES string of the molecule is CCOC(=O)C(=NOC)C1=NCCSC1.